The van der Waals surface area contributed by atoms with E-state index in [-0.39, 0.29) is 17.7 Å². The van der Waals surface area contributed by atoms with Crippen LogP contribution < -0.4 is 5.32 Å². The predicted molar refractivity (Wildman–Crippen MR) is 83.9 cm³/mol. The van der Waals surface area contributed by atoms with Gasteiger partial charge in [0.15, 0.2) is 0 Å². The van der Waals surface area contributed by atoms with Crippen molar-refractivity contribution in [2.24, 2.45) is 5.92 Å². The molecule has 114 valence electrons. The molecule has 2 amide bonds. The van der Waals surface area contributed by atoms with Crippen molar-refractivity contribution in [3.63, 3.8) is 0 Å². The average molecular weight is 288 g/mol. The van der Waals surface area contributed by atoms with Crippen molar-refractivity contribution in [2.45, 2.75) is 39.0 Å². The zero-order valence-electron chi connectivity index (χ0n) is 12.7. The lowest BCUT2D eigenvalue weighted by Gasteiger charge is -2.32. The number of unbranched alkanes of at least 4 members (excludes halogenated alkanes) is 1. The minimum absolute atomic E-state index is 0.0224. The van der Waals surface area contributed by atoms with Gasteiger partial charge in [-0.25, -0.2) is 0 Å². The second kappa shape index (κ2) is 7.81. The zero-order chi connectivity index (χ0) is 15.1. The van der Waals surface area contributed by atoms with Crippen molar-refractivity contribution in [1.29, 1.82) is 0 Å². The van der Waals surface area contributed by atoms with Gasteiger partial charge in [0.2, 0.25) is 11.8 Å². The quantitative estimate of drug-likeness (QED) is 0.905. The number of piperidine rings is 1. The van der Waals surface area contributed by atoms with Gasteiger partial charge in [0.25, 0.3) is 0 Å². The first-order chi connectivity index (χ1) is 10.2. The molecule has 4 heteroatoms. The molecule has 1 unspecified atom stereocenters. The van der Waals surface area contributed by atoms with Gasteiger partial charge >= 0.3 is 0 Å². The summed E-state index contributed by atoms with van der Waals surface area (Å²) in [6, 6.07) is 9.48. The molecular formula is C17H24N2O2. The van der Waals surface area contributed by atoms with E-state index in [9.17, 15) is 9.59 Å². The van der Waals surface area contributed by atoms with Crippen LogP contribution in [0.2, 0.25) is 0 Å². The van der Waals surface area contributed by atoms with Crippen LogP contribution in [0.25, 0.3) is 0 Å². The maximum Gasteiger partial charge on any atom is 0.229 e. The minimum Gasteiger partial charge on any atom is -0.342 e. The third-order valence-electron chi connectivity index (χ3n) is 3.93. The number of benzene rings is 1. The van der Waals surface area contributed by atoms with Crippen molar-refractivity contribution in [2.75, 3.05) is 18.4 Å². The van der Waals surface area contributed by atoms with Crippen LogP contribution in [-0.4, -0.2) is 29.8 Å². The van der Waals surface area contributed by atoms with Crippen LogP contribution in [-0.2, 0) is 9.59 Å². The van der Waals surface area contributed by atoms with E-state index in [1.165, 1.54) is 0 Å². The van der Waals surface area contributed by atoms with Crippen LogP contribution in [0.3, 0.4) is 0 Å². The van der Waals surface area contributed by atoms with Gasteiger partial charge in [0, 0.05) is 25.2 Å². The Balaban J connectivity index is 1.88. The molecule has 1 saturated heterocycles. The lowest BCUT2D eigenvalue weighted by molar-refractivity contribution is -0.134. The Labute approximate surface area is 126 Å². The summed E-state index contributed by atoms with van der Waals surface area (Å²) in [4.78, 5) is 26.2. The highest BCUT2D eigenvalue weighted by molar-refractivity contribution is 5.93. The number of hydrogen-bond acceptors (Lipinski definition) is 2. The molecule has 1 N–H and O–H groups in total. The molecule has 1 heterocycles. The van der Waals surface area contributed by atoms with E-state index in [2.05, 4.69) is 12.2 Å². The summed E-state index contributed by atoms with van der Waals surface area (Å²) < 4.78 is 0. The normalized spacial score (nSPS) is 18.3. The van der Waals surface area contributed by atoms with Crippen LogP contribution in [0.1, 0.15) is 39.0 Å². The molecule has 1 aliphatic heterocycles. The topological polar surface area (TPSA) is 49.4 Å². The van der Waals surface area contributed by atoms with Crippen molar-refractivity contribution in [3.8, 4) is 0 Å². The minimum atomic E-state index is -0.0930. The van der Waals surface area contributed by atoms with Gasteiger partial charge < -0.3 is 10.2 Å². The number of rotatable bonds is 5. The fraction of sp³-hybridized carbons (Fsp3) is 0.529. The molecule has 2 rings (SSSR count). The zero-order valence-corrected chi connectivity index (χ0v) is 12.7. The van der Waals surface area contributed by atoms with Gasteiger partial charge in [-0.3, -0.25) is 9.59 Å². The summed E-state index contributed by atoms with van der Waals surface area (Å²) in [5.41, 5.74) is 0.817. The Kier molecular flexibility index (Phi) is 5.78. The Morgan fingerprint density at radius 2 is 2.05 bits per heavy atom. The number of carbonyl (C=O) groups excluding carboxylic acids is 2. The summed E-state index contributed by atoms with van der Waals surface area (Å²) >= 11 is 0. The van der Waals surface area contributed by atoms with Crippen molar-refractivity contribution in [3.05, 3.63) is 30.3 Å². The molecule has 0 spiro atoms. The van der Waals surface area contributed by atoms with Crippen LogP contribution in [0, 0.1) is 5.92 Å². The van der Waals surface area contributed by atoms with Crippen molar-refractivity contribution >= 4 is 17.5 Å². The summed E-state index contributed by atoms with van der Waals surface area (Å²) in [7, 11) is 0. The predicted octanol–water partition coefficient (Wildman–Crippen LogP) is 3.05. The first-order valence-electron chi connectivity index (χ1n) is 7.84. The molecule has 21 heavy (non-hydrogen) atoms. The van der Waals surface area contributed by atoms with E-state index in [4.69, 9.17) is 0 Å². The highest BCUT2D eigenvalue weighted by atomic mass is 16.2. The Morgan fingerprint density at radius 3 is 2.76 bits per heavy atom. The first-order valence-corrected chi connectivity index (χ1v) is 7.84. The molecular weight excluding hydrogens is 264 g/mol. The van der Waals surface area contributed by atoms with Crippen molar-refractivity contribution in [1.82, 2.24) is 4.90 Å². The average Bonchev–Trinajstić information content (AvgIpc) is 2.53. The number of amides is 2. The Hall–Kier alpha value is -1.84. The molecule has 4 nitrogen and oxygen atoms in total. The molecule has 0 bridgehead atoms. The fourth-order valence-electron chi connectivity index (χ4n) is 2.67. The summed E-state index contributed by atoms with van der Waals surface area (Å²) in [5.74, 6) is 0.118. The van der Waals surface area contributed by atoms with E-state index in [1.807, 2.05) is 35.2 Å². The maximum atomic E-state index is 12.3. The van der Waals surface area contributed by atoms with E-state index in [1.54, 1.807) is 0 Å². The Bertz CT molecular complexity index is 473. The van der Waals surface area contributed by atoms with Gasteiger partial charge in [-0.1, -0.05) is 31.5 Å². The maximum absolute atomic E-state index is 12.3. The standard InChI is InChI=1S/C17H24N2O2/c1-2-3-11-16(20)19-12-7-8-14(13-19)17(21)18-15-9-5-4-6-10-15/h4-6,9-10,14H,2-3,7-8,11-13H2,1H3,(H,18,21). The molecule has 1 aromatic rings. The van der Waals surface area contributed by atoms with E-state index >= 15 is 0 Å². The molecule has 1 aromatic carbocycles. The summed E-state index contributed by atoms with van der Waals surface area (Å²) in [5, 5.41) is 2.94. The van der Waals surface area contributed by atoms with E-state index in [0.717, 1.165) is 37.9 Å². The SMILES string of the molecule is CCCCC(=O)N1CCCC(C(=O)Nc2ccccc2)C1. The highest BCUT2D eigenvalue weighted by Gasteiger charge is 2.28. The molecule has 0 saturated carbocycles. The molecule has 0 aromatic heterocycles. The van der Waals surface area contributed by atoms with Gasteiger partial charge in [-0.15, -0.1) is 0 Å². The van der Waals surface area contributed by atoms with Crippen LogP contribution in [0.5, 0.6) is 0 Å². The number of likely N-dealkylation sites (tertiary alicyclic amines) is 1. The molecule has 1 atom stereocenters. The largest absolute Gasteiger partial charge is 0.342 e. The lowest BCUT2D eigenvalue weighted by Crippen LogP contribution is -2.43. The third-order valence-corrected chi connectivity index (χ3v) is 3.93. The Morgan fingerprint density at radius 1 is 1.29 bits per heavy atom. The lowest BCUT2D eigenvalue weighted by atomic mass is 9.96. The number of nitrogens with one attached hydrogen (secondary N) is 1. The van der Waals surface area contributed by atoms with Gasteiger partial charge in [0.05, 0.1) is 5.92 Å². The van der Waals surface area contributed by atoms with Crippen LogP contribution in [0.15, 0.2) is 30.3 Å². The number of hydrogen-bond donors (Lipinski definition) is 1. The smallest absolute Gasteiger partial charge is 0.229 e. The molecule has 1 fully saturated rings. The number of anilines is 1. The number of para-hydroxylation sites is 1. The summed E-state index contributed by atoms with van der Waals surface area (Å²) in [6.07, 6.45) is 4.32. The van der Waals surface area contributed by atoms with Crippen LogP contribution >= 0.6 is 0 Å². The second-order valence-corrected chi connectivity index (χ2v) is 5.64. The van der Waals surface area contributed by atoms with Crippen molar-refractivity contribution < 1.29 is 9.59 Å². The first kappa shape index (κ1) is 15.5. The fourth-order valence-corrected chi connectivity index (χ4v) is 2.67. The summed E-state index contributed by atoms with van der Waals surface area (Å²) in [6.45, 7) is 3.43. The molecule has 1 aliphatic rings. The van der Waals surface area contributed by atoms with Gasteiger partial charge in [0.1, 0.15) is 0 Å². The molecule has 0 aliphatic carbocycles. The highest BCUT2D eigenvalue weighted by Crippen LogP contribution is 2.19. The monoisotopic (exact) mass is 288 g/mol. The van der Waals surface area contributed by atoms with E-state index < -0.39 is 0 Å². The molecule has 0 radical (unpaired) electrons. The van der Waals surface area contributed by atoms with Crippen LogP contribution in [0.4, 0.5) is 5.69 Å². The van der Waals surface area contributed by atoms with Gasteiger partial charge in [-0.05, 0) is 31.4 Å². The number of nitrogens with zero attached hydrogens (tertiary/aromatic N) is 1. The third kappa shape index (κ3) is 4.59. The van der Waals surface area contributed by atoms with E-state index in [0.29, 0.717) is 13.0 Å². The van der Waals surface area contributed by atoms with Gasteiger partial charge in [-0.2, -0.15) is 0 Å². The second-order valence-electron chi connectivity index (χ2n) is 5.64. The number of carbonyl (C=O) groups is 2.